The normalized spacial score (nSPS) is 14.0. The highest BCUT2D eigenvalue weighted by Crippen LogP contribution is 2.25. The summed E-state index contributed by atoms with van der Waals surface area (Å²) in [6.45, 7) is 1.21. The first-order valence-corrected chi connectivity index (χ1v) is 3.53. The third-order valence-electron chi connectivity index (χ3n) is 1.52. The maximum atomic E-state index is 12.0. The summed E-state index contributed by atoms with van der Waals surface area (Å²) in [5, 5.41) is 11.5. The van der Waals surface area contributed by atoms with Crippen LogP contribution < -0.4 is 0 Å². The molecule has 1 unspecified atom stereocenters. The van der Waals surface area contributed by atoms with Crippen molar-refractivity contribution in [2.75, 3.05) is 0 Å². The lowest BCUT2D eigenvalue weighted by atomic mass is 10.4. The highest BCUT2D eigenvalue weighted by molar-refractivity contribution is 5.71. The fraction of sp³-hybridized carbons (Fsp3) is 0.500. The number of nitrogens with zero attached hydrogens (tertiary/aromatic N) is 3. The molecule has 0 aromatic carbocycles. The molecule has 0 bridgehead atoms. The average Bonchev–Trinajstić information content (AvgIpc) is 2.49. The maximum absolute atomic E-state index is 12.0. The van der Waals surface area contributed by atoms with E-state index in [0.717, 1.165) is 6.33 Å². The summed E-state index contributed by atoms with van der Waals surface area (Å²) in [5.41, 5.74) is 0. The first-order valence-electron chi connectivity index (χ1n) is 3.53. The fourth-order valence-electron chi connectivity index (χ4n) is 0.704. The third kappa shape index (κ3) is 2.01. The zero-order valence-electron chi connectivity index (χ0n) is 6.99. The predicted octanol–water partition coefficient (Wildman–Crippen LogP) is 0.943. The Morgan fingerprint density at radius 2 is 2.21 bits per heavy atom. The second-order valence-corrected chi connectivity index (χ2v) is 2.56. The van der Waals surface area contributed by atoms with Gasteiger partial charge < -0.3 is 5.11 Å². The molecule has 0 aliphatic carbocycles. The number of hydrogen-bond acceptors (Lipinski definition) is 3. The Morgan fingerprint density at radius 3 is 2.57 bits per heavy atom. The molecule has 14 heavy (non-hydrogen) atoms. The molecule has 5 nitrogen and oxygen atoms in total. The molecule has 78 valence electrons. The van der Waals surface area contributed by atoms with Crippen LogP contribution in [0.1, 0.15) is 18.8 Å². The number of aliphatic carboxylic acids is 1. The topological polar surface area (TPSA) is 68.0 Å². The molecule has 8 heteroatoms. The SMILES string of the molecule is CC(C(=O)O)n1cnc(C(F)(F)F)n1. The van der Waals surface area contributed by atoms with E-state index in [1.165, 1.54) is 6.92 Å². The molecule has 0 fully saturated rings. The van der Waals surface area contributed by atoms with Crippen LogP contribution in [0.15, 0.2) is 6.33 Å². The van der Waals surface area contributed by atoms with Crippen LogP contribution in [0.3, 0.4) is 0 Å². The van der Waals surface area contributed by atoms with Gasteiger partial charge in [-0.25, -0.2) is 14.5 Å². The number of carboxylic acid groups (broad SMARTS) is 1. The van der Waals surface area contributed by atoms with E-state index in [1.807, 2.05) is 0 Å². The summed E-state index contributed by atoms with van der Waals surface area (Å²) in [7, 11) is 0. The summed E-state index contributed by atoms with van der Waals surface area (Å²) in [5.74, 6) is -2.62. The smallest absolute Gasteiger partial charge is 0.453 e. The zero-order valence-corrected chi connectivity index (χ0v) is 6.99. The van der Waals surface area contributed by atoms with Crippen LogP contribution in [0, 0.1) is 0 Å². The Morgan fingerprint density at radius 1 is 1.64 bits per heavy atom. The maximum Gasteiger partial charge on any atom is 0.453 e. The molecular formula is C6H6F3N3O2. The minimum absolute atomic E-state index is 0.644. The van der Waals surface area contributed by atoms with Crippen molar-refractivity contribution in [1.82, 2.24) is 14.8 Å². The highest BCUT2D eigenvalue weighted by atomic mass is 19.4. The van der Waals surface area contributed by atoms with Gasteiger partial charge in [0.05, 0.1) is 0 Å². The van der Waals surface area contributed by atoms with Gasteiger partial charge in [-0.3, -0.25) is 0 Å². The van der Waals surface area contributed by atoms with Gasteiger partial charge in [0.1, 0.15) is 12.4 Å². The minimum Gasteiger partial charge on any atom is -0.480 e. The van der Waals surface area contributed by atoms with Crippen molar-refractivity contribution in [2.24, 2.45) is 0 Å². The molecule has 1 aromatic heterocycles. The van der Waals surface area contributed by atoms with Gasteiger partial charge in [-0.15, -0.1) is 5.10 Å². The van der Waals surface area contributed by atoms with Crippen LogP contribution in [0.2, 0.25) is 0 Å². The van der Waals surface area contributed by atoms with Gasteiger partial charge in [0.25, 0.3) is 5.82 Å². The number of rotatable bonds is 2. The lowest BCUT2D eigenvalue weighted by Gasteiger charge is -2.04. The molecule has 0 spiro atoms. The van der Waals surface area contributed by atoms with E-state index < -0.39 is 24.0 Å². The van der Waals surface area contributed by atoms with Crippen molar-refractivity contribution in [3.05, 3.63) is 12.2 Å². The number of carbonyl (C=O) groups is 1. The van der Waals surface area contributed by atoms with Crippen molar-refractivity contribution in [2.45, 2.75) is 19.1 Å². The number of carboxylic acids is 1. The molecule has 0 saturated carbocycles. The molecule has 1 heterocycles. The van der Waals surface area contributed by atoms with Crippen LogP contribution >= 0.6 is 0 Å². The molecular weight excluding hydrogens is 203 g/mol. The van der Waals surface area contributed by atoms with Crippen LogP contribution in [-0.2, 0) is 11.0 Å². The van der Waals surface area contributed by atoms with Crippen LogP contribution in [0.5, 0.6) is 0 Å². The van der Waals surface area contributed by atoms with E-state index in [9.17, 15) is 18.0 Å². The summed E-state index contributed by atoms with van der Waals surface area (Å²) in [6.07, 6.45) is -3.91. The van der Waals surface area contributed by atoms with Gasteiger partial charge in [-0.2, -0.15) is 13.2 Å². The average molecular weight is 209 g/mol. The van der Waals surface area contributed by atoms with Gasteiger partial charge in [0.2, 0.25) is 0 Å². The lowest BCUT2D eigenvalue weighted by molar-refractivity contribution is -0.146. The van der Waals surface area contributed by atoms with E-state index in [-0.39, 0.29) is 0 Å². The minimum atomic E-state index is -4.65. The molecule has 1 aromatic rings. The summed E-state index contributed by atoms with van der Waals surface area (Å²) < 4.78 is 36.6. The van der Waals surface area contributed by atoms with Crippen LogP contribution in [0.4, 0.5) is 13.2 Å². The Balaban J connectivity index is 2.94. The second kappa shape index (κ2) is 3.28. The molecule has 0 aliphatic rings. The summed E-state index contributed by atoms with van der Waals surface area (Å²) in [4.78, 5) is 13.3. The molecule has 0 amide bonds. The number of aromatic nitrogens is 3. The van der Waals surface area contributed by atoms with E-state index in [1.54, 1.807) is 0 Å². The molecule has 1 atom stereocenters. The van der Waals surface area contributed by atoms with Crippen molar-refractivity contribution in [3.63, 3.8) is 0 Å². The first kappa shape index (κ1) is 10.5. The Bertz CT molecular complexity index is 346. The van der Waals surface area contributed by atoms with E-state index >= 15 is 0 Å². The highest BCUT2D eigenvalue weighted by Gasteiger charge is 2.36. The van der Waals surface area contributed by atoms with E-state index in [0.29, 0.717) is 4.68 Å². The molecule has 1 N–H and O–H groups in total. The Labute approximate surface area is 76.2 Å². The van der Waals surface area contributed by atoms with Gasteiger partial charge in [-0.05, 0) is 6.92 Å². The predicted molar refractivity (Wildman–Crippen MR) is 37.4 cm³/mol. The van der Waals surface area contributed by atoms with Crippen LogP contribution in [-0.4, -0.2) is 25.8 Å². The van der Waals surface area contributed by atoms with Crippen molar-refractivity contribution in [1.29, 1.82) is 0 Å². The third-order valence-corrected chi connectivity index (χ3v) is 1.52. The van der Waals surface area contributed by atoms with Gasteiger partial charge in [0, 0.05) is 0 Å². The number of hydrogen-bond donors (Lipinski definition) is 1. The van der Waals surface area contributed by atoms with Crippen molar-refractivity contribution in [3.8, 4) is 0 Å². The first-order chi connectivity index (χ1) is 6.32. The Kier molecular flexibility index (Phi) is 2.45. The zero-order chi connectivity index (χ0) is 10.9. The molecule has 0 saturated heterocycles. The van der Waals surface area contributed by atoms with Crippen LogP contribution in [0.25, 0.3) is 0 Å². The number of halogens is 3. The fourth-order valence-corrected chi connectivity index (χ4v) is 0.704. The molecule has 0 radical (unpaired) electrons. The van der Waals surface area contributed by atoms with Crippen molar-refractivity contribution >= 4 is 5.97 Å². The lowest BCUT2D eigenvalue weighted by Crippen LogP contribution is -2.17. The van der Waals surface area contributed by atoms with Gasteiger partial charge in [0.15, 0.2) is 0 Å². The van der Waals surface area contributed by atoms with E-state index in [4.69, 9.17) is 5.11 Å². The molecule has 1 rings (SSSR count). The molecule has 0 aliphatic heterocycles. The number of alkyl halides is 3. The van der Waals surface area contributed by atoms with Gasteiger partial charge >= 0.3 is 12.1 Å². The largest absolute Gasteiger partial charge is 0.480 e. The van der Waals surface area contributed by atoms with E-state index in [2.05, 4.69) is 10.1 Å². The summed E-state index contributed by atoms with van der Waals surface area (Å²) >= 11 is 0. The summed E-state index contributed by atoms with van der Waals surface area (Å²) in [6, 6.07) is -1.17. The Hall–Kier alpha value is -1.60. The quantitative estimate of drug-likeness (QED) is 0.787. The standard InChI is InChI=1S/C6H6F3N3O2/c1-3(4(13)14)12-2-10-5(11-12)6(7,8)9/h2-3H,1H3,(H,13,14). The van der Waals surface area contributed by atoms with Crippen molar-refractivity contribution < 1.29 is 23.1 Å². The monoisotopic (exact) mass is 209 g/mol. The van der Waals surface area contributed by atoms with Gasteiger partial charge in [-0.1, -0.05) is 0 Å². The second-order valence-electron chi connectivity index (χ2n) is 2.56.